The molecular formula is C15H34N2. The maximum atomic E-state index is 3.55. The Morgan fingerprint density at radius 1 is 1.18 bits per heavy atom. The van der Waals surface area contributed by atoms with Gasteiger partial charge in [-0.05, 0) is 40.2 Å². The molecule has 0 rings (SSSR count). The first-order valence-electron chi connectivity index (χ1n) is 7.32. The maximum Gasteiger partial charge on any atom is 0.0104 e. The van der Waals surface area contributed by atoms with Crippen LogP contribution in [0.3, 0.4) is 0 Å². The van der Waals surface area contributed by atoms with Gasteiger partial charge in [-0.15, -0.1) is 0 Å². The van der Waals surface area contributed by atoms with Crippen LogP contribution in [0.15, 0.2) is 0 Å². The van der Waals surface area contributed by atoms with Gasteiger partial charge in [-0.3, -0.25) is 0 Å². The molecule has 2 nitrogen and oxygen atoms in total. The van der Waals surface area contributed by atoms with Crippen LogP contribution in [0.25, 0.3) is 0 Å². The Morgan fingerprint density at radius 3 is 2.29 bits per heavy atom. The van der Waals surface area contributed by atoms with E-state index in [1.807, 2.05) is 0 Å². The van der Waals surface area contributed by atoms with Crippen LogP contribution in [-0.4, -0.2) is 37.1 Å². The van der Waals surface area contributed by atoms with Crippen LogP contribution in [0.5, 0.6) is 0 Å². The average molecular weight is 242 g/mol. The molecule has 0 amide bonds. The lowest BCUT2D eigenvalue weighted by Crippen LogP contribution is -2.41. The Labute approximate surface area is 109 Å². The number of unbranched alkanes of at least 4 members (excludes halogenated alkanes) is 1. The number of rotatable bonds is 9. The summed E-state index contributed by atoms with van der Waals surface area (Å²) in [7, 11) is 2.25. The number of nitrogens with one attached hydrogen (secondary N) is 1. The summed E-state index contributed by atoms with van der Waals surface area (Å²) >= 11 is 0. The van der Waals surface area contributed by atoms with Crippen molar-refractivity contribution in [3.63, 3.8) is 0 Å². The van der Waals surface area contributed by atoms with E-state index < -0.39 is 0 Å². The summed E-state index contributed by atoms with van der Waals surface area (Å²) in [5, 5.41) is 3.55. The van der Waals surface area contributed by atoms with E-state index in [4.69, 9.17) is 0 Å². The van der Waals surface area contributed by atoms with Crippen LogP contribution in [0.2, 0.25) is 0 Å². The minimum absolute atomic E-state index is 0.243. The van der Waals surface area contributed by atoms with Crippen molar-refractivity contribution in [2.45, 2.75) is 65.8 Å². The van der Waals surface area contributed by atoms with Crippen molar-refractivity contribution in [1.82, 2.24) is 10.2 Å². The normalized spacial score (nSPS) is 14.3. The van der Waals surface area contributed by atoms with Gasteiger partial charge in [0, 0.05) is 25.2 Å². The highest BCUT2D eigenvalue weighted by molar-refractivity contribution is 4.71. The van der Waals surface area contributed by atoms with Crippen LogP contribution < -0.4 is 5.32 Å². The fourth-order valence-electron chi connectivity index (χ4n) is 2.07. The second-order valence-electron chi connectivity index (χ2n) is 6.36. The van der Waals surface area contributed by atoms with Crippen molar-refractivity contribution >= 4 is 0 Å². The molecule has 0 aromatic rings. The van der Waals surface area contributed by atoms with Crippen LogP contribution in [0, 0.1) is 5.92 Å². The molecule has 0 saturated heterocycles. The third-order valence-electron chi connectivity index (χ3n) is 3.26. The maximum absolute atomic E-state index is 3.55. The molecule has 0 aromatic heterocycles. The lowest BCUT2D eigenvalue weighted by Gasteiger charge is -2.26. The summed E-state index contributed by atoms with van der Waals surface area (Å²) in [5.74, 6) is 0.884. The average Bonchev–Trinajstić information content (AvgIpc) is 2.22. The van der Waals surface area contributed by atoms with E-state index in [9.17, 15) is 0 Å². The summed E-state index contributed by atoms with van der Waals surface area (Å²) in [4.78, 5) is 2.47. The minimum atomic E-state index is 0.243. The number of nitrogens with zero attached hydrogens (tertiary/aromatic N) is 1. The SMILES string of the molecule is CCCCC(CC)CN(C)CCNC(C)(C)C. The van der Waals surface area contributed by atoms with Gasteiger partial charge in [0.25, 0.3) is 0 Å². The molecule has 0 fully saturated rings. The van der Waals surface area contributed by atoms with E-state index in [2.05, 4.69) is 51.9 Å². The van der Waals surface area contributed by atoms with Crippen molar-refractivity contribution in [2.75, 3.05) is 26.7 Å². The Bertz CT molecular complexity index is 172. The van der Waals surface area contributed by atoms with E-state index in [1.165, 1.54) is 32.2 Å². The lowest BCUT2D eigenvalue weighted by atomic mass is 9.99. The third kappa shape index (κ3) is 10.8. The number of hydrogen-bond donors (Lipinski definition) is 1. The van der Waals surface area contributed by atoms with E-state index in [0.29, 0.717) is 0 Å². The Kier molecular flexibility index (Phi) is 8.89. The zero-order valence-corrected chi connectivity index (χ0v) is 13.0. The molecule has 0 radical (unpaired) electrons. The molecule has 0 heterocycles. The third-order valence-corrected chi connectivity index (χ3v) is 3.26. The largest absolute Gasteiger partial charge is 0.311 e. The molecule has 0 saturated carbocycles. The van der Waals surface area contributed by atoms with Crippen molar-refractivity contribution in [3.8, 4) is 0 Å². The molecule has 1 atom stereocenters. The molecule has 0 aromatic carbocycles. The lowest BCUT2D eigenvalue weighted by molar-refractivity contribution is 0.251. The molecular weight excluding hydrogens is 208 g/mol. The van der Waals surface area contributed by atoms with Gasteiger partial charge >= 0.3 is 0 Å². The predicted octanol–water partition coefficient (Wildman–Crippen LogP) is 3.52. The second kappa shape index (κ2) is 8.93. The molecule has 0 aliphatic heterocycles. The number of hydrogen-bond acceptors (Lipinski definition) is 2. The van der Waals surface area contributed by atoms with Crippen molar-refractivity contribution < 1.29 is 0 Å². The van der Waals surface area contributed by atoms with Crippen LogP contribution in [0.4, 0.5) is 0 Å². The van der Waals surface area contributed by atoms with Crippen LogP contribution in [-0.2, 0) is 0 Å². The van der Waals surface area contributed by atoms with Gasteiger partial charge in [-0.2, -0.15) is 0 Å². The van der Waals surface area contributed by atoms with Gasteiger partial charge in [0.05, 0.1) is 0 Å². The highest BCUT2D eigenvalue weighted by Gasteiger charge is 2.11. The molecule has 17 heavy (non-hydrogen) atoms. The minimum Gasteiger partial charge on any atom is -0.311 e. The van der Waals surface area contributed by atoms with E-state index in [-0.39, 0.29) is 5.54 Å². The Balaban J connectivity index is 3.71. The highest BCUT2D eigenvalue weighted by Crippen LogP contribution is 2.13. The van der Waals surface area contributed by atoms with Crippen molar-refractivity contribution in [1.29, 1.82) is 0 Å². The van der Waals surface area contributed by atoms with Crippen molar-refractivity contribution in [3.05, 3.63) is 0 Å². The van der Waals surface area contributed by atoms with Gasteiger partial charge in [-0.25, -0.2) is 0 Å². The topological polar surface area (TPSA) is 15.3 Å². The first kappa shape index (κ1) is 16.9. The fourth-order valence-corrected chi connectivity index (χ4v) is 2.07. The summed E-state index contributed by atoms with van der Waals surface area (Å²) in [6.07, 6.45) is 5.42. The van der Waals surface area contributed by atoms with E-state index >= 15 is 0 Å². The van der Waals surface area contributed by atoms with Crippen molar-refractivity contribution in [2.24, 2.45) is 5.92 Å². The Morgan fingerprint density at radius 2 is 1.82 bits per heavy atom. The standard InChI is InChI=1S/C15H34N2/c1-7-9-10-14(8-2)13-17(6)12-11-16-15(3,4)5/h14,16H,7-13H2,1-6H3. The van der Waals surface area contributed by atoms with Gasteiger partial charge in [0.1, 0.15) is 0 Å². The summed E-state index contributed by atoms with van der Waals surface area (Å²) in [6.45, 7) is 14.8. The monoisotopic (exact) mass is 242 g/mol. The molecule has 1 unspecified atom stereocenters. The summed E-state index contributed by atoms with van der Waals surface area (Å²) < 4.78 is 0. The van der Waals surface area contributed by atoms with Gasteiger partial charge in [0.2, 0.25) is 0 Å². The van der Waals surface area contributed by atoms with Gasteiger partial charge < -0.3 is 10.2 Å². The van der Waals surface area contributed by atoms with Gasteiger partial charge in [0.15, 0.2) is 0 Å². The molecule has 0 aliphatic rings. The Hall–Kier alpha value is -0.0800. The first-order valence-corrected chi connectivity index (χ1v) is 7.32. The second-order valence-corrected chi connectivity index (χ2v) is 6.36. The number of likely N-dealkylation sites (N-methyl/N-ethyl adjacent to an activating group) is 1. The zero-order chi connectivity index (χ0) is 13.3. The highest BCUT2D eigenvalue weighted by atomic mass is 15.1. The molecule has 0 spiro atoms. The van der Waals surface area contributed by atoms with Gasteiger partial charge in [-0.1, -0.05) is 33.1 Å². The zero-order valence-electron chi connectivity index (χ0n) is 13.0. The molecule has 2 heteroatoms. The molecule has 0 aliphatic carbocycles. The summed E-state index contributed by atoms with van der Waals surface area (Å²) in [6, 6.07) is 0. The van der Waals surface area contributed by atoms with Crippen LogP contribution >= 0.6 is 0 Å². The van der Waals surface area contributed by atoms with E-state index in [1.54, 1.807) is 0 Å². The first-order chi connectivity index (χ1) is 7.89. The quantitative estimate of drug-likeness (QED) is 0.665. The van der Waals surface area contributed by atoms with E-state index in [0.717, 1.165) is 19.0 Å². The fraction of sp³-hybridized carbons (Fsp3) is 1.00. The summed E-state index contributed by atoms with van der Waals surface area (Å²) in [5.41, 5.74) is 0.243. The molecule has 104 valence electrons. The molecule has 1 N–H and O–H groups in total. The van der Waals surface area contributed by atoms with Crippen LogP contribution in [0.1, 0.15) is 60.3 Å². The molecule has 0 bridgehead atoms. The smallest absolute Gasteiger partial charge is 0.0104 e. The predicted molar refractivity (Wildman–Crippen MR) is 78.6 cm³/mol.